The van der Waals surface area contributed by atoms with Crippen LogP contribution in [0.3, 0.4) is 0 Å². The maximum absolute atomic E-state index is 12.7. The number of benzene rings is 1. The maximum atomic E-state index is 12.7. The van der Waals surface area contributed by atoms with Crippen molar-refractivity contribution in [3.63, 3.8) is 0 Å². The molecule has 172 valence electrons. The largest absolute Gasteiger partial charge is 0.467 e. The summed E-state index contributed by atoms with van der Waals surface area (Å²) in [7, 11) is 1.21. The van der Waals surface area contributed by atoms with E-state index in [0.717, 1.165) is 5.56 Å². The molecule has 1 heterocycles. The number of esters is 1. The van der Waals surface area contributed by atoms with E-state index in [1.807, 2.05) is 18.2 Å². The Morgan fingerprint density at radius 3 is 2.44 bits per heavy atom. The lowest BCUT2D eigenvalue weighted by atomic mass is 10.1. The highest BCUT2D eigenvalue weighted by molar-refractivity contribution is 5.89. The number of aryl methyl sites for hydroxylation is 2. The Labute approximate surface area is 185 Å². The third-order valence-corrected chi connectivity index (χ3v) is 4.72. The maximum Gasteiger partial charge on any atom is 0.408 e. The minimum absolute atomic E-state index is 0.0278. The van der Waals surface area contributed by atoms with E-state index in [2.05, 4.69) is 20.4 Å². The van der Waals surface area contributed by atoms with Crippen LogP contribution >= 0.6 is 0 Å². The highest BCUT2D eigenvalue weighted by Crippen LogP contribution is 2.04. The molecule has 0 aliphatic carbocycles. The second-order valence-corrected chi connectivity index (χ2v) is 7.27. The van der Waals surface area contributed by atoms with E-state index in [0.29, 0.717) is 11.4 Å². The molecule has 2 amide bonds. The summed E-state index contributed by atoms with van der Waals surface area (Å²) in [4.78, 5) is 52.8. The van der Waals surface area contributed by atoms with Gasteiger partial charge in [-0.25, -0.2) is 14.4 Å². The van der Waals surface area contributed by atoms with Gasteiger partial charge < -0.3 is 20.1 Å². The van der Waals surface area contributed by atoms with Crippen LogP contribution in [0, 0.1) is 13.8 Å². The van der Waals surface area contributed by atoms with Crippen molar-refractivity contribution in [2.75, 3.05) is 7.11 Å². The zero-order chi connectivity index (χ0) is 23.7. The Morgan fingerprint density at radius 1 is 1.12 bits per heavy atom. The third kappa shape index (κ3) is 7.22. The van der Waals surface area contributed by atoms with Gasteiger partial charge in [0.2, 0.25) is 5.91 Å². The van der Waals surface area contributed by atoms with E-state index >= 15 is 0 Å². The van der Waals surface area contributed by atoms with Gasteiger partial charge in [0.1, 0.15) is 18.7 Å². The summed E-state index contributed by atoms with van der Waals surface area (Å²) in [5.74, 6) is -1.23. The molecule has 0 aliphatic heterocycles. The van der Waals surface area contributed by atoms with E-state index in [9.17, 15) is 19.2 Å². The number of nitrogens with one attached hydrogen (secondary N) is 2. The van der Waals surface area contributed by atoms with E-state index in [-0.39, 0.29) is 19.6 Å². The van der Waals surface area contributed by atoms with Crippen LogP contribution < -0.4 is 16.3 Å². The normalized spacial score (nSPS) is 12.4. The highest BCUT2D eigenvalue weighted by Gasteiger charge is 2.25. The van der Waals surface area contributed by atoms with Gasteiger partial charge in [0.15, 0.2) is 0 Å². The van der Waals surface area contributed by atoms with Crippen LogP contribution in [-0.4, -0.2) is 46.7 Å². The molecule has 1 aromatic heterocycles. The van der Waals surface area contributed by atoms with Crippen molar-refractivity contribution >= 4 is 18.0 Å². The van der Waals surface area contributed by atoms with Crippen molar-refractivity contribution in [1.82, 2.24) is 20.2 Å². The van der Waals surface area contributed by atoms with Crippen molar-refractivity contribution < 1.29 is 23.9 Å². The molecule has 0 radical (unpaired) electrons. The minimum Gasteiger partial charge on any atom is -0.467 e. The molecule has 10 nitrogen and oxygen atoms in total. The Hall–Kier alpha value is -3.69. The summed E-state index contributed by atoms with van der Waals surface area (Å²) in [6, 6.07) is 8.85. The zero-order valence-electron chi connectivity index (χ0n) is 18.6. The van der Waals surface area contributed by atoms with Crippen molar-refractivity contribution in [2.24, 2.45) is 0 Å². The van der Waals surface area contributed by atoms with Crippen molar-refractivity contribution in [2.45, 2.75) is 52.4 Å². The Kier molecular flexibility index (Phi) is 8.94. The second kappa shape index (κ2) is 11.6. The number of aromatic nitrogens is 2. The van der Waals surface area contributed by atoms with E-state index in [1.165, 1.54) is 18.6 Å². The van der Waals surface area contributed by atoms with Crippen LogP contribution in [0.25, 0.3) is 0 Å². The molecule has 2 rings (SSSR count). The molecular weight excluding hydrogens is 416 g/mol. The summed E-state index contributed by atoms with van der Waals surface area (Å²) in [5.41, 5.74) is 1.61. The van der Waals surface area contributed by atoms with Gasteiger partial charge in [-0.2, -0.15) is 4.98 Å². The van der Waals surface area contributed by atoms with Crippen LogP contribution in [0.2, 0.25) is 0 Å². The molecule has 0 aliphatic rings. The average molecular weight is 444 g/mol. The number of carbonyl (C=O) groups is 3. The fourth-order valence-electron chi connectivity index (χ4n) is 3.03. The first-order valence-electron chi connectivity index (χ1n) is 10.1. The van der Waals surface area contributed by atoms with Gasteiger partial charge in [0, 0.05) is 17.9 Å². The number of ether oxygens (including phenoxy) is 2. The first kappa shape index (κ1) is 24.6. The minimum atomic E-state index is -1.06. The number of methoxy groups -OCH3 is 1. The molecule has 0 spiro atoms. The van der Waals surface area contributed by atoms with Crippen LogP contribution in [0.1, 0.15) is 30.3 Å². The number of alkyl carbamates (subject to hydrolysis) is 1. The fourth-order valence-corrected chi connectivity index (χ4v) is 3.03. The van der Waals surface area contributed by atoms with Gasteiger partial charge in [-0.3, -0.25) is 9.36 Å². The molecular formula is C22H28N4O6. The summed E-state index contributed by atoms with van der Waals surface area (Å²) in [5, 5.41) is 5.01. The number of hydrogen-bond acceptors (Lipinski definition) is 7. The van der Waals surface area contributed by atoms with E-state index < -0.39 is 35.7 Å². The first-order chi connectivity index (χ1) is 15.2. The lowest BCUT2D eigenvalue weighted by molar-refractivity contribution is -0.144. The third-order valence-electron chi connectivity index (χ3n) is 4.72. The molecule has 0 fully saturated rings. The van der Waals surface area contributed by atoms with Gasteiger partial charge in [-0.1, -0.05) is 30.3 Å². The van der Waals surface area contributed by atoms with Gasteiger partial charge in [-0.15, -0.1) is 0 Å². The number of carbonyl (C=O) groups excluding carboxylic acids is 3. The van der Waals surface area contributed by atoms with Crippen molar-refractivity contribution in [3.8, 4) is 0 Å². The summed E-state index contributed by atoms with van der Waals surface area (Å²) < 4.78 is 11.2. The SMILES string of the molecule is COC(=O)[C@H](C)NC(=O)[C@H](CCn1c(C)cc(C)nc1=O)NC(=O)OCc1ccccc1. The van der Waals surface area contributed by atoms with Gasteiger partial charge in [0.25, 0.3) is 0 Å². The number of hydrogen-bond donors (Lipinski definition) is 2. The number of nitrogens with zero attached hydrogens (tertiary/aromatic N) is 2. The fraction of sp³-hybridized carbons (Fsp3) is 0.409. The van der Waals surface area contributed by atoms with Crippen LogP contribution in [0.15, 0.2) is 41.2 Å². The summed E-state index contributed by atoms with van der Waals surface area (Å²) in [6.45, 7) is 5.09. The molecule has 2 atom stereocenters. The molecule has 0 bridgehead atoms. The lowest BCUT2D eigenvalue weighted by Crippen LogP contribution is -2.51. The standard InChI is InChI=1S/C22H28N4O6/c1-14-12-15(2)26(21(29)23-14)11-10-18(19(27)24-16(3)20(28)31-4)25-22(30)32-13-17-8-6-5-7-9-17/h5-9,12,16,18H,10-11,13H2,1-4H3,(H,24,27)(H,25,30)/t16-,18-/m0/s1. The Balaban J connectivity index is 2.09. The molecule has 2 aromatic rings. The molecule has 0 saturated heterocycles. The summed E-state index contributed by atoms with van der Waals surface area (Å²) in [6.07, 6.45) is -0.725. The van der Waals surface area contributed by atoms with Gasteiger partial charge in [0.05, 0.1) is 7.11 Å². The topological polar surface area (TPSA) is 129 Å². The molecule has 2 N–H and O–H groups in total. The van der Waals surface area contributed by atoms with Gasteiger partial charge in [-0.05, 0) is 38.8 Å². The quantitative estimate of drug-likeness (QED) is 0.557. The van der Waals surface area contributed by atoms with Crippen LogP contribution in [-0.2, 0) is 32.2 Å². The molecule has 10 heteroatoms. The smallest absolute Gasteiger partial charge is 0.408 e. The summed E-state index contributed by atoms with van der Waals surface area (Å²) >= 11 is 0. The number of rotatable bonds is 9. The molecule has 32 heavy (non-hydrogen) atoms. The monoisotopic (exact) mass is 444 g/mol. The Morgan fingerprint density at radius 2 is 1.81 bits per heavy atom. The first-order valence-corrected chi connectivity index (χ1v) is 10.1. The predicted molar refractivity (Wildman–Crippen MR) is 116 cm³/mol. The highest BCUT2D eigenvalue weighted by atomic mass is 16.5. The van der Waals surface area contributed by atoms with Crippen molar-refractivity contribution in [1.29, 1.82) is 0 Å². The molecule has 1 aromatic carbocycles. The lowest BCUT2D eigenvalue weighted by Gasteiger charge is -2.21. The number of amides is 2. The molecule has 0 unspecified atom stereocenters. The second-order valence-electron chi connectivity index (χ2n) is 7.27. The molecule has 0 saturated carbocycles. The van der Waals surface area contributed by atoms with Crippen LogP contribution in [0.5, 0.6) is 0 Å². The zero-order valence-corrected chi connectivity index (χ0v) is 18.6. The average Bonchev–Trinajstić information content (AvgIpc) is 2.76. The van der Waals surface area contributed by atoms with E-state index in [4.69, 9.17) is 4.74 Å². The van der Waals surface area contributed by atoms with Crippen molar-refractivity contribution in [3.05, 3.63) is 63.8 Å². The van der Waals surface area contributed by atoms with E-state index in [1.54, 1.807) is 32.0 Å². The Bertz CT molecular complexity index is 1010. The van der Waals surface area contributed by atoms with Gasteiger partial charge >= 0.3 is 17.8 Å². The predicted octanol–water partition coefficient (Wildman–Crippen LogP) is 1.22. The van der Waals surface area contributed by atoms with Crippen LogP contribution in [0.4, 0.5) is 4.79 Å².